The van der Waals surface area contributed by atoms with Gasteiger partial charge < -0.3 is 14.9 Å². The lowest BCUT2D eigenvalue weighted by atomic mass is 10.3. The number of fused-ring (bicyclic) bond motifs is 3. The Morgan fingerprint density at radius 1 is 1.56 bits per heavy atom. The number of aryl methyl sites for hydroxylation is 1. The van der Waals surface area contributed by atoms with Gasteiger partial charge >= 0.3 is 0 Å². The van der Waals surface area contributed by atoms with E-state index < -0.39 is 0 Å². The topological polar surface area (TPSA) is 58.5 Å². The van der Waals surface area contributed by atoms with E-state index in [2.05, 4.69) is 20.3 Å². The van der Waals surface area contributed by atoms with Crippen LogP contribution in [0.3, 0.4) is 0 Å². The first-order valence-corrected chi connectivity index (χ1v) is 5.95. The number of aromatic nitrogens is 4. The molecule has 3 rings (SSSR count). The van der Waals surface area contributed by atoms with Crippen molar-refractivity contribution in [2.24, 2.45) is 7.05 Å². The van der Waals surface area contributed by atoms with Gasteiger partial charge in [-0.2, -0.15) is 0 Å². The lowest BCUT2D eigenvalue weighted by Crippen LogP contribution is -1.95. The number of nitrogens with one attached hydrogen (secondary N) is 2. The van der Waals surface area contributed by atoms with E-state index in [-0.39, 0.29) is 0 Å². The molecule has 0 aliphatic carbocycles. The number of imidazole rings is 1. The molecule has 0 bridgehead atoms. The van der Waals surface area contributed by atoms with Crippen molar-refractivity contribution in [3.63, 3.8) is 0 Å². The first-order valence-electron chi connectivity index (χ1n) is 4.72. The molecule has 3 heterocycles. The second kappa shape index (κ2) is 3.26. The Hall–Kier alpha value is -1.47. The molecule has 2 N–H and O–H groups in total. The minimum absolute atomic E-state index is 0.734. The third kappa shape index (κ3) is 1.18. The molecule has 0 atom stereocenters. The number of H-pyrrole nitrogens is 1. The average Bonchev–Trinajstić information content (AvgIpc) is 2.80. The smallest absolute Gasteiger partial charge is 0.160 e. The summed E-state index contributed by atoms with van der Waals surface area (Å²) in [7, 11) is 3.81. The molecule has 0 aromatic carbocycles. The molecule has 7 heteroatoms. The highest BCUT2D eigenvalue weighted by Gasteiger charge is 2.13. The molecule has 0 amide bonds. The van der Waals surface area contributed by atoms with Crippen LogP contribution in [0.1, 0.15) is 0 Å². The molecule has 0 unspecified atom stereocenters. The molecule has 0 aliphatic heterocycles. The normalized spacial score (nSPS) is 11.4. The standard InChI is InChI=1S/C9H9N5S2/c1-10-7-4-5(14(2)3-11-4)6-8(12-7)13-9(15)16-6/h3H,1-2H3,(H2,10,12,13,15). The van der Waals surface area contributed by atoms with Crippen LogP contribution in [0.4, 0.5) is 5.82 Å². The van der Waals surface area contributed by atoms with Gasteiger partial charge in [-0.05, 0) is 12.2 Å². The molecule has 0 saturated heterocycles. The zero-order valence-electron chi connectivity index (χ0n) is 8.74. The second-order valence-corrected chi connectivity index (χ2v) is 5.14. The van der Waals surface area contributed by atoms with Gasteiger partial charge in [0.05, 0.1) is 16.5 Å². The van der Waals surface area contributed by atoms with Crippen molar-refractivity contribution in [1.82, 2.24) is 19.5 Å². The summed E-state index contributed by atoms with van der Waals surface area (Å²) < 4.78 is 3.77. The van der Waals surface area contributed by atoms with Crippen molar-refractivity contribution < 1.29 is 0 Å². The largest absolute Gasteiger partial charge is 0.371 e. The fraction of sp³-hybridized carbons (Fsp3) is 0.222. The third-order valence-corrected chi connectivity index (χ3v) is 3.70. The van der Waals surface area contributed by atoms with Crippen LogP contribution in [0.2, 0.25) is 0 Å². The fourth-order valence-corrected chi connectivity index (χ4v) is 2.98. The minimum atomic E-state index is 0.734. The van der Waals surface area contributed by atoms with E-state index in [0.717, 1.165) is 31.2 Å². The summed E-state index contributed by atoms with van der Waals surface area (Å²) in [5.41, 5.74) is 2.75. The molecule has 3 aromatic rings. The van der Waals surface area contributed by atoms with Crippen LogP contribution >= 0.6 is 23.6 Å². The second-order valence-electron chi connectivity index (χ2n) is 3.46. The van der Waals surface area contributed by atoms with Crippen molar-refractivity contribution in [1.29, 1.82) is 0 Å². The number of anilines is 1. The summed E-state index contributed by atoms with van der Waals surface area (Å²) in [4.78, 5) is 11.9. The van der Waals surface area contributed by atoms with Crippen molar-refractivity contribution in [2.45, 2.75) is 0 Å². The van der Waals surface area contributed by atoms with Crippen LogP contribution in [0.25, 0.3) is 21.4 Å². The maximum Gasteiger partial charge on any atom is 0.160 e. The van der Waals surface area contributed by atoms with E-state index in [1.807, 2.05) is 18.7 Å². The number of aromatic amines is 1. The molecular formula is C9H9N5S2. The van der Waals surface area contributed by atoms with Crippen molar-refractivity contribution in [2.75, 3.05) is 12.4 Å². The van der Waals surface area contributed by atoms with Gasteiger partial charge in [0.15, 0.2) is 15.4 Å². The van der Waals surface area contributed by atoms with Crippen LogP contribution in [0.15, 0.2) is 6.33 Å². The number of hydrogen-bond donors (Lipinski definition) is 2. The molecule has 16 heavy (non-hydrogen) atoms. The maximum absolute atomic E-state index is 5.15. The van der Waals surface area contributed by atoms with Gasteiger partial charge in [-0.15, -0.1) is 11.3 Å². The maximum atomic E-state index is 5.15. The van der Waals surface area contributed by atoms with Gasteiger partial charge in [0.2, 0.25) is 0 Å². The Morgan fingerprint density at radius 3 is 3.12 bits per heavy atom. The first-order chi connectivity index (χ1) is 7.70. The predicted octanol–water partition coefficient (Wildman–Crippen LogP) is 2.28. The van der Waals surface area contributed by atoms with Crippen molar-refractivity contribution >= 4 is 50.8 Å². The van der Waals surface area contributed by atoms with Crippen LogP contribution < -0.4 is 5.32 Å². The monoisotopic (exact) mass is 251 g/mol. The molecular weight excluding hydrogens is 242 g/mol. The van der Waals surface area contributed by atoms with Gasteiger partial charge in [-0.25, -0.2) is 9.97 Å². The highest BCUT2D eigenvalue weighted by atomic mass is 32.1. The molecule has 0 fully saturated rings. The van der Waals surface area contributed by atoms with Gasteiger partial charge in [0.1, 0.15) is 5.52 Å². The van der Waals surface area contributed by atoms with Crippen molar-refractivity contribution in [3.8, 4) is 0 Å². The van der Waals surface area contributed by atoms with E-state index in [0.29, 0.717) is 0 Å². The van der Waals surface area contributed by atoms with Gasteiger partial charge in [-0.1, -0.05) is 0 Å². The first kappa shape index (κ1) is 9.73. The molecule has 5 nitrogen and oxygen atoms in total. The zero-order valence-corrected chi connectivity index (χ0v) is 10.4. The minimum Gasteiger partial charge on any atom is -0.371 e. The SMILES string of the molecule is CNc1nc2[nH]c(=S)sc2c2c1ncn2C. The summed E-state index contributed by atoms with van der Waals surface area (Å²) >= 11 is 6.67. The molecule has 0 saturated carbocycles. The zero-order chi connectivity index (χ0) is 11.3. The quantitative estimate of drug-likeness (QED) is 0.651. The summed E-state index contributed by atoms with van der Waals surface area (Å²) in [6.07, 6.45) is 1.79. The van der Waals surface area contributed by atoms with Crippen molar-refractivity contribution in [3.05, 3.63) is 10.3 Å². The highest BCUT2D eigenvalue weighted by Crippen LogP contribution is 2.30. The van der Waals surface area contributed by atoms with E-state index in [4.69, 9.17) is 12.2 Å². The van der Waals surface area contributed by atoms with E-state index >= 15 is 0 Å². The van der Waals surface area contributed by atoms with E-state index in [9.17, 15) is 0 Å². The molecule has 0 aliphatic rings. The Kier molecular flexibility index (Phi) is 1.98. The Labute approximate surface area is 100 Å². The third-order valence-electron chi connectivity index (χ3n) is 2.47. The highest BCUT2D eigenvalue weighted by molar-refractivity contribution is 7.73. The summed E-state index contributed by atoms with van der Waals surface area (Å²) in [6.45, 7) is 0. The van der Waals surface area contributed by atoms with Crippen LogP contribution in [0, 0.1) is 3.95 Å². The lowest BCUT2D eigenvalue weighted by Gasteiger charge is -2.01. The fourth-order valence-electron chi connectivity index (χ4n) is 1.77. The number of rotatable bonds is 1. The Morgan fingerprint density at radius 2 is 2.38 bits per heavy atom. The van der Waals surface area contributed by atoms with Crippen LogP contribution in [-0.2, 0) is 7.05 Å². The molecule has 0 radical (unpaired) electrons. The number of nitrogens with zero attached hydrogens (tertiary/aromatic N) is 3. The lowest BCUT2D eigenvalue weighted by molar-refractivity contribution is 0.951. The Balaban J connectivity index is 2.64. The van der Waals surface area contributed by atoms with Gasteiger partial charge in [0.25, 0.3) is 0 Å². The number of pyridine rings is 1. The summed E-state index contributed by atoms with van der Waals surface area (Å²) in [6, 6.07) is 0. The van der Waals surface area contributed by atoms with Gasteiger partial charge in [-0.3, -0.25) is 0 Å². The van der Waals surface area contributed by atoms with E-state index in [1.165, 1.54) is 11.3 Å². The van der Waals surface area contributed by atoms with Crippen LogP contribution in [-0.4, -0.2) is 26.6 Å². The average molecular weight is 251 g/mol. The number of thiazole rings is 1. The summed E-state index contributed by atoms with van der Waals surface area (Å²) in [5, 5.41) is 3.05. The molecule has 3 aromatic heterocycles. The molecule has 82 valence electrons. The molecule has 0 spiro atoms. The van der Waals surface area contributed by atoms with Gasteiger partial charge in [0, 0.05) is 14.1 Å². The van der Waals surface area contributed by atoms with E-state index in [1.54, 1.807) is 6.33 Å². The van der Waals surface area contributed by atoms with Crippen LogP contribution in [0.5, 0.6) is 0 Å². The summed E-state index contributed by atoms with van der Waals surface area (Å²) in [5.74, 6) is 0.771. The number of hydrogen-bond acceptors (Lipinski definition) is 5. The predicted molar refractivity (Wildman–Crippen MR) is 68.6 cm³/mol. The Bertz CT molecular complexity index is 735.